The number of hydrogen-bond donors (Lipinski definition) is 1. The van der Waals surface area contributed by atoms with Crippen LogP contribution >= 0.6 is 39.1 Å². The fourth-order valence-corrected chi connectivity index (χ4v) is 7.94. The van der Waals surface area contributed by atoms with E-state index in [0.717, 1.165) is 4.90 Å². The number of aromatic hydroxyl groups is 1. The Labute approximate surface area is 226 Å². The maximum Gasteiger partial charge on any atom is 0.254 e. The van der Waals surface area contributed by atoms with Gasteiger partial charge in [0, 0.05) is 18.0 Å². The number of allylic oxidation sites excluding steroid dienone is 2. The summed E-state index contributed by atoms with van der Waals surface area (Å²) in [4.78, 5) is 52.0. The molecule has 5 rings (SSSR count). The Balaban J connectivity index is 1.75. The first kappa shape index (κ1) is 25.5. The van der Waals surface area contributed by atoms with Crippen LogP contribution in [0.2, 0.25) is 0 Å². The lowest BCUT2D eigenvalue weighted by atomic mass is 9.56. The SMILES string of the molecule is CCOc1cccc([C@H]2C3=CC[C@@H]4C(=O)N(CC)C(=O)[C@@H]4[C@@H]3C[C@@]3(Cl)C(=O)N(CBr)C(=O)[C@@]23Cl)c1O. The van der Waals surface area contributed by atoms with E-state index in [-0.39, 0.29) is 53.7 Å². The van der Waals surface area contributed by atoms with Crippen LogP contribution in [0.4, 0.5) is 0 Å². The average molecular weight is 600 g/mol. The van der Waals surface area contributed by atoms with Gasteiger partial charge in [0.05, 0.1) is 23.9 Å². The van der Waals surface area contributed by atoms with Crippen LogP contribution in [-0.2, 0) is 19.2 Å². The topological polar surface area (TPSA) is 104 Å². The third kappa shape index (κ3) is 3.05. The van der Waals surface area contributed by atoms with Gasteiger partial charge in [0.1, 0.15) is 0 Å². The van der Waals surface area contributed by atoms with Crippen molar-refractivity contribution in [2.75, 3.05) is 18.6 Å². The molecular formula is C25H25BrCl2N2O6. The maximum atomic E-state index is 13.7. The quantitative estimate of drug-likeness (QED) is 0.240. The van der Waals surface area contributed by atoms with E-state index in [2.05, 4.69) is 15.9 Å². The van der Waals surface area contributed by atoms with Gasteiger partial charge in [-0.25, -0.2) is 0 Å². The molecule has 1 saturated carbocycles. The summed E-state index contributed by atoms with van der Waals surface area (Å²) in [5, 5.41) is 11.2. The van der Waals surface area contributed by atoms with E-state index < -0.39 is 45.2 Å². The van der Waals surface area contributed by atoms with Crippen LogP contribution in [0.1, 0.15) is 38.2 Å². The molecule has 2 heterocycles. The largest absolute Gasteiger partial charge is 0.504 e. The number of rotatable bonds is 5. The number of amides is 4. The van der Waals surface area contributed by atoms with Crippen molar-refractivity contribution in [2.45, 2.75) is 42.4 Å². The fraction of sp³-hybridized carbons (Fsp3) is 0.520. The highest BCUT2D eigenvalue weighted by molar-refractivity contribution is 9.09. The molecule has 8 nitrogen and oxygen atoms in total. The second-order valence-corrected chi connectivity index (χ2v) is 11.3. The summed E-state index contributed by atoms with van der Waals surface area (Å²) in [6, 6.07) is 4.87. The van der Waals surface area contributed by atoms with Gasteiger partial charge in [0.15, 0.2) is 21.2 Å². The number of ether oxygens (including phenoxy) is 1. The number of carbonyl (C=O) groups is 4. The Kier molecular flexibility index (Phi) is 6.20. The van der Waals surface area contributed by atoms with Crippen molar-refractivity contribution in [2.24, 2.45) is 17.8 Å². The highest BCUT2D eigenvalue weighted by Gasteiger charge is 2.76. The molecule has 192 valence electrons. The Bertz CT molecular complexity index is 1220. The Hall–Kier alpha value is -2.10. The Morgan fingerprint density at radius 3 is 2.44 bits per heavy atom. The van der Waals surface area contributed by atoms with Crippen LogP contribution in [0.15, 0.2) is 29.8 Å². The highest BCUT2D eigenvalue weighted by atomic mass is 79.9. The summed E-state index contributed by atoms with van der Waals surface area (Å²) in [6.07, 6.45) is 2.04. The van der Waals surface area contributed by atoms with Crippen molar-refractivity contribution in [1.82, 2.24) is 9.80 Å². The number of benzene rings is 1. The van der Waals surface area contributed by atoms with Crippen molar-refractivity contribution < 1.29 is 29.0 Å². The number of halogens is 3. The molecule has 0 aromatic heterocycles. The normalized spacial score (nSPS) is 35.5. The van der Waals surface area contributed by atoms with Crippen molar-refractivity contribution in [3.8, 4) is 11.5 Å². The molecule has 0 unspecified atom stereocenters. The number of nitrogens with zero attached hydrogens (tertiary/aromatic N) is 2. The molecule has 2 aliphatic carbocycles. The van der Waals surface area contributed by atoms with Gasteiger partial charge < -0.3 is 9.84 Å². The van der Waals surface area contributed by atoms with Gasteiger partial charge in [-0.15, -0.1) is 23.2 Å². The van der Waals surface area contributed by atoms with Gasteiger partial charge in [-0.1, -0.05) is 39.7 Å². The molecular weight excluding hydrogens is 575 g/mol. The van der Waals surface area contributed by atoms with E-state index in [4.69, 9.17) is 27.9 Å². The standard InChI is InChI=1S/C25H25BrCl2N2O6/c1-3-29-20(32)13-9-8-12-15(17(13)21(29)33)10-24(27)22(34)30(11-26)23(35)25(24,28)18(12)14-6-5-7-16(19(14)31)36-4-2/h5-8,13,15,17-18,31H,3-4,9-11H2,1-2H3/t13-,15+,17-,18+,24+,25-/m0/s1. The minimum Gasteiger partial charge on any atom is -0.504 e. The molecule has 4 aliphatic rings. The maximum absolute atomic E-state index is 13.7. The van der Waals surface area contributed by atoms with Crippen LogP contribution in [0, 0.1) is 17.8 Å². The lowest BCUT2D eigenvalue weighted by molar-refractivity contribution is -0.141. The summed E-state index contributed by atoms with van der Waals surface area (Å²) in [6.45, 7) is 4.05. The summed E-state index contributed by atoms with van der Waals surface area (Å²) < 4.78 is 5.57. The highest BCUT2D eigenvalue weighted by Crippen LogP contribution is 2.66. The molecule has 2 aliphatic heterocycles. The van der Waals surface area contributed by atoms with Crippen molar-refractivity contribution >= 4 is 62.8 Å². The van der Waals surface area contributed by atoms with Crippen molar-refractivity contribution in [3.05, 3.63) is 35.4 Å². The molecule has 0 spiro atoms. The predicted molar refractivity (Wildman–Crippen MR) is 135 cm³/mol. The fourth-order valence-electron chi connectivity index (χ4n) is 6.52. The van der Waals surface area contributed by atoms with Gasteiger partial charge in [0.2, 0.25) is 11.8 Å². The zero-order chi connectivity index (χ0) is 26.2. The molecule has 6 atom stereocenters. The lowest BCUT2D eigenvalue weighted by Gasteiger charge is -2.50. The van der Waals surface area contributed by atoms with Gasteiger partial charge in [0.25, 0.3) is 11.8 Å². The van der Waals surface area contributed by atoms with E-state index in [1.165, 1.54) is 4.90 Å². The number of alkyl halides is 3. The minimum atomic E-state index is -1.97. The number of phenols is 1. The molecule has 11 heteroatoms. The summed E-state index contributed by atoms with van der Waals surface area (Å²) in [5.41, 5.74) is 0.794. The monoisotopic (exact) mass is 598 g/mol. The molecule has 36 heavy (non-hydrogen) atoms. The number of phenolic OH excluding ortho intramolecular Hbond substituents is 1. The first-order chi connectivity index (χ1) is 17.1. The molecule has 1 aromatic carbocycles. The summed E-state index contributed by atoms with van der Waals surface area (Å²) in [7, 11) is 0. The van der Waals surface area contributed by atoms with Crippen LogP contribution in [0.5, 0.6) is 11.5 Å². The van der Waals surface area contributed by atoms with Crippen LogP contribution in [-0.4, -0.2) is 66.9 Å². The third-order valence-corrected chi connectivity index (χ3v) is 9.98. The van der Waals surface area contributed by atoms with E-state index in [1.807, 2.05) is 6.08 Å². The van der Waals surface area contributed by atoms with E-state index in [0.29, 0.717) is 12.2 Å². The predicted octanol–water partition coefficient (Wildman–Crippen LogP) is 3.52. The number of likely N-dealkylation sites (tertiary alicyclic amines) is 2. The number of para-hydroxylation sites is 1. The third-order valence-electron chi connectivity index (χ3n) is 8.06. The van der Waals surface area contributed by atoms with Gasteiger partial charge in [-0.05, 0) is 38.7 Å². The van der Waals surface area contributed by atoms with Gasteiger partial charge >= 0.3 is 0 Å². The lowest BCUT2D eigenvalue weighted by Crippen LogP contribution is -2.60. The molecule has 0 radical (unpaired) electrons. The Morgan fingerprint density at radius 1 is 1.08 bits per heavy atom. The molecule has 4 amide bonds. The molecule has 2 saturated heterocycles. The van der Waals surface area contributed by atoms with Gasteiger partial charge in [-0.3, -0.25) is 29.0 Å². The first-order valence-electron chi connectivity index (χ1n) is 11.9. The number of hydrogen-bond acceptors (Lipinski definition) is 6. The van der Waals surface area contributed by atoms with Gasteiger partial charge in [-0.2, -0.15) is 0 Å². The van der Waals surface area contributed by atoms with Crippen molar-refractivity contribution in [3.63, 3.8) is 0 Å². The zero-order valence-corrected chi connectivity index (χ0v) is 22.8. The number of fused-ring (bicyclic) bond motifs is 4. The van der Waals surface area contributed by atoms with E-state index in [1.54, 1.807) is 32.0 Å². The molecule has 1 N–H and O–H groups in total. The van der Waals surface area contributed by atoms with Crippen molar-refractivity contribution in [1.29, 1.82) is 0 Å². The van der Waals surface area contributed by atoms with Crippen LogP contribution < -0.4 is 4.74 Å². The van der Waals surface area contributed by atoms with Crippen LogP contribution in [0.25, 0.3) is 0 Å². The molecule has 3 fully saturated rings. The average Bonchev–Trinajstić information content (AvgIpc) is 3.18. The molecule has 0 bridgehead atoms. The second-order valence-electron chi connectivity index (χ2n) is 9.53. The Morgan fingerprint density at radius 2 is 1.81 bits per heavy atom. The van der Waals surface area contributed by atoms with E-state index >= 15 is 0 Å². The smallest absolute Gasteiger partial charge is 0.254 e. The summed E-state index contributed by atoms with van der Waals surface area (Å²) in [5.74, 6) is -4.88. The first-order valence-corrected chi connectivity index (χ1v) is 13.8. The number of carbonyl (C=O) groups excluding carboxylic acids is 4. The zero-order valence-electron chi connectivity index (χ0n) is 19.7. The second kappa shape index (κ2) is 8.74. The minimum absolute atomic E-state index is 0.0852. The van der Waals surface area contributed by atoms with Crippen LogP contribution in [0.3, 0.4) is 0 Å². The molecule has 1 aromatic rings. The number of imide groups is 2. The summed E-state index contributed by atoms with van der Waals surface area (Å²) >= 11 is 17.5. The van der Waals surface area contributed by atoms with E-state index in [9.17, 15) is 24.3 Å².